The highest BCUT2D eigenvalue weighted by atomic mass is 15.1. The maximum Gasteiger partial charge on any atom is 0.0439 e. The zero-order valence-corrected chi connectivity index (χ0v) is 8.96. The third kappa shape index (κ3) is 1.54. The first-order valence-corrected chi connectivity index (χ1v) is 5.32. The molecule has 0 aromatic heterocycles. The standard InChI is InChI=1S/C13H17N/c1-3-11-7-6-10-14(2)13-9-5-4-8-12(11)13/h4-5,7-9H,3,6,10H2,1-2H3. The van der Waals surface area contributed by atoms with E-state index in [0.29, 0.717) is 0 Å². The summed E-state index contributed by atoms with van der Waals surface area (Å²) in [6.07, 6.45) is 4.67. The summed E-state index contributed by atoms with van der Waals surface area (Å²) in [4.78, 5) is 2.34. The van der Waals surface area contributed by atoms with Crippen molar-refractivity contribution in [2.75, 3.05) is 18.5 Å². The van der Waals surface area contributed by atoms with Crippen molar-refractivity contribution >= 4 is 11.3 Å². The predicted octanol–water partition coefficient (Wildman–Crippen LogP) is 3.32. The van der Waals surface area contributed by atoms with E-state index in [1.54, 1.807) is 0 Å². The molecule has 0 amide bonds. The van der Waals surface area contributed by atoms with Crippen molar-refractivity contribution in [3.8, 4) is 0 Å². The van der Waals surface area contributed by atoms with Gasteiger partial charge in [0.1, 0.15) is 0 Å². The van der Waals surface area contributed by atoms with Crippen LogP contribution in [0.2, 0.25) is 0 Å². The van der Waals surface area contributed by atoms with E-state index < -0.39 is 0 Å². The fraction of sp³-hybridized carbons (Fsp3) is 0.385. The van der Waals surface area contributed by atoms with Crippen LogP contribution in [0.5, 0.6) is 0 Å². The number of para-hydroxylation sites is 1. The van der Waals surface area contributed by atoms with Crippen LogP contribution in [0.4, 0.5) is 5.69 Å². The summed E-state index contributed by atoms with van der Waals surface area (Å²) >= 11 is 0. The molecule has 1 aromatic rings. The van der Waals surface area contributed by atoms with Gasteiger partial charge in [0, 0.05) is 24.8 Å². The molecule has 1 nitrogen and oxygen atoms in total. The Balaban J connectivity index is 2.51. The van der Waals surface area contributed by atoms with Crippen LogP contribution in [0.25, 0.3) is 5.57 Å². The molecule has 0 unspecified atom stereocenters. The molecule has 74 valence electrons. The second-order valence-corrected chi connectivity index (χ2v) is 3.81. The monoisotopic (exact) mass is 187 g/mol. The van der Waals surface area contributed by atoms with Crippen LogP contribution >= 0.6 is 0 Å². The summed E-state index contributed by atoms with van der Waals surface area (Å²) < 4.78 is 0. The van der Waals surface area contributed by atoms with Crippen LogP contribution in [-0.2, 0) is 0 Å². The highest BCUT2D eigenvalue weighted by molar-refractivity contribution is 5.77. The van der Waals surface area contributed by atoms with Crippen LogP contribution in [-0.4, -0.2) is 13.6 Å². The van der Waals surface area contributed by atoms with Gasteiger partial charge >= 0.3 is 0 Å². The van der Waals surface area contributed by atoms with Gasteiger partial charge in [0.05, 0.1) is 0 Å². The minimum Gasteiger partial charge on any atom is -0.374 e. The first kappa shape index (κ1) is 9.32. The molecular formula is C13H17N. The number of hydrogen-bond acceptors (Lipinski definition) is 1. The highest BCUT2D eigenvalue weighted by Crippen LogP contribution is 2.31. The third-order valence-electron chi connectivity index (χ3n) is 2.90. The molecule has 2 rings (SSSR count). The van der Waals surface area contributed by atoms with E-state index in [2.05, 4.69) is 49.2 Å². The fourth-order valence-electron chi connectivity index (χ4n) is 2.08. The molecule has 14 heavy (non-hydrogen) atoms. The number of rotatable bonds is 1. The number of benzene rings is 1. The van der Waals surface area contributed by atoms with Crippen LogP contribution < -0.4 is 4.90 Å². The van der Waals surface area contributed by atoms with Gasteiger partial charge in [0.25, 0.3) is 0 Å². The van der Waals surface area contributed by atoms with Crippen molar-refractivity contribution in [3.63, 3.8) is 0 Å². The summed E-state index contributed by atoms with van der Waals surface area (Å²) in [6, 6.07) is 8.69. The van der Waals surface area contributed by atoms with Crippen molar-refractivity contribution < 1.29 is 0 Å². The lowest BCUT2D eigenvalue weighted by atomic mass is 10.0. The summed E-state index contributed by atoms with van der Waals surface area (Å²) in [7, 11) is 2.17. The lowest BCUT2D eigenvalue weighted by Crippen LogP contribution is -2.17. The summed E-state index contributed by atoms with van der Waals surface area (Å²) in [5.74, 6) is 0. The quantitative estimate of drug-likeness (QED) is 0.652. The summed E-state index contributed by atoms with van der Waals surface area (Å²) in [5.41, 5.74) is 4.28. The van der Waals surface area contributed by atoms with E-state index in [9.17, 15) is 0 Å². The lowest BCUT2D eigenvalue weighted by Gasteiger charge is -2.19. The van der Waals surface area contributed by atoms with Gasteiger partial charge in [-0.05, 0) is 24.5 Å². The van der Waals surface area contributed by atoms with Crippen molar-refractivity contribution in [2.24, 2.45) is 0 Å². The molecule has 0 spiro atoms. The van der Waals surface area contributed by atoms with Gasteiger partial charge in [-0.15, -0.1) is 0 Å². The zero-order chi connectivity index (χ0) is 9.97. The highest BCUT2D eigenvalue weighted by Gasteiger charge is 2.12. The number of hydrogen-bond donors (Lipinski definition) is 0. The van der Waals surface area contributed by atoms with Gasteiger partial charge < -0.3 is 4.90 Å². The Morgan fingerprint density at radius 2 is 2.07 bits per heavy atom. The van der Waals surface area contributed by atoms with Crippen molar-refractivity contribution in [3.05, 3.63) is 35.9 Å². The van der Waals surface area contributed by atoms with Crippen LogP contribution in [0, 0.1) is 0 Å². The molecule has 0 fully saturated rings. The van der Waals surface area contributed by atoms with E-state index in [0.717, 1.165) is 19.4 Å². The smallest absolute Gasteiger partial charge is 0.0439 e. The Labute approximate surface area is 86.1 Å². The van der Waals surface area contributed by atoms with E-state index in [1.807, 2.05) is 0 Å². The van der Waals surface area contributed by atoms with Gasteiger partial charge in [0.15, 0.2) is 0 Å². The molecule has 1 heteroatoms. The van der Waals surface area contributed by atoms with E-state index in [1.165, 1.54) is 16.8 Å². The Hall–Kier alpha value is -1.24. The van der Waals surface area contributed by atoms with Crippen molar-refractivity contribution in [1.82, 2.24) is 0 Å². The summed E-state index contributed by atoms with van der Waals surface area (Å²) in [6.45, 7) is 3.36. The zero-order valence-electron chi connectivity index (χ0n) is 8.96. The average Bonchev–Trinajstić information content (AvgIpc) is 2.39. The van der Waals surface area contributed by atoms with Crippen LogP contribution in [0.3, 0.4) is 0 Å². The second kappa shape index (κ2) is 3.87. The van der Waals surface area contributed by atoms with Crippen molar-refractivity contribution in [2.45, 2.75) is 19.8 Å². The average molecular weight is 187 g/mol. The lowest BCUT2D eigenvalue weighted by molar-refractivity contribution is 0.906. The Morgan fingerprint density at radius 1 is 1.29 bits per heavy atom. The van der Waals surface area contributed by atoms with Gasteiger partial charge in [0.2, 0.25) is 0 Å². The molecule has 0 atom stereocenters. The molecule has 0 bridgehead atoms. The fourth-order valence-corrected chi connectivity index (χ4v) is 2.08. The molecule has 1 heterocycles. The van der Waals surface area contributed by atoms with Crippen LogP contribution in [0.15, 0.2) is 30.3 Å². The first-order valence-electron chi connectivity index (χ1n) is 5.32. The third-order valence-corrected chi connectivity index (χ3v) is 2.90. The molecule has 0 saturated heterocycles. The Bertz CT molecular complexity index is 352. The number of nitrogens with zero attached hydrogens (tertiary/aromatic N) is 1. The molecule has 0 aliphatic carbocycles. The molecule has 0 N–H and O–H groups in total. The number of anilines is 1. The van der Waals surface area contributed by atoms with E-state index in [-0.39, 0.29) is 0 Å². The predicted molar refractivity (Wildman–Crippen MR) is 62.6 cm³/mol. The Kier molecular flexibility index (Phi) is 2.58. The number of fused-ring (bicyclic) bond motifs is 1. The minimum absolute atomic E-state index is 1.13. The number of allylic oxidation sites excluding steroid dienone is 1. The van der Waals surface area contributed by atoms with Gasteiger partial charge in [-0.2, -0.15) is 0 Å². The molecule has 1 aromatic carbocycles. The Morgan fingerprint density at radius 3 is 2.86 bits per heavy atom. The molecule has 1 aliphatic heterocycles. The normalized spacial score (nSPS) is 15.9. The topological polar surface area (TPSA) is 3.24 Å². The SMILES string of the molecule is CCC1=CCCN(C)c2ccccc21. The largest absolute Gasteiger partial charge is 0.374 e. The van der Waals surface area contributed by atoms with E-state index in [4.69, 9.17) is 0 Å². The molecule has 1 aliphatic rings. The maximum atomic E-state index is 2.38. The van der Waals surface area contributed by atoms with Crippen LogP contribution in [0.1, 0.15) is 25.3 Å². The van der Waals surface area contributed by atoms with Gasteiger partial charge in [-0.3, -0.25) is 0 Å². The molecular weight excluding hydrogens is 170 g/mol. The minimum atomic E-state index is 1.13. The van der Waals surface area contributed by atoms with Gasteiger partial charge in [-0.1, -0.05) is 31.2 Å². The van der Waals surface area contributed by atoms with Crippen molar-refractivity contribution in [1.29, 1.82) is 0 Å². The maximum absolute atomic E-state index is 2.38. The molecule has 0 radical (unpaired) electrons. The second-order valence-electron chi connectivity index (χ2n) is 3.81. The first-order chi connectivity index (χ1) is 6.83. The molecule has 0 saturated carbocycles. The van der Waals surface area contributed by atoms with E-state index >= 15 is 0 Å². The van der Waals surface area contributed by atoms with Gasteiger partial charge in [-0.25, -0.2) is 0 Å². The summed E-state index contributed by atoms with van der Waals surface area (Å²) in [5, 5.41) is 0.